The third kappa shape index (κ3) is 18.0. The summed E-state index contributed by atoms with van der Waals surface area (Å²) < 4.78 is 34.1. The first-order valence-electron chi connectivity index (χ1n) is 29.8. The molecule has 11 heteroatoms. The van der Waals surface area contributed by atoms with Crippen LogP contribution in [0.5, 0.6) is 0 Å². The Hall–Kier alpha value is -3.18. The lowest BCUT2D eigenvalue weighted by Crippen LogP contribution is -2.69. The minimum absolute atomic E-state index is 0.0377. The highest BCUT2D eigenvalue weighted by molar-refractivity contribution is 6.01. The van der Waals surface area contributed by atoms with E-state index < -0.39 is 70.3 Å². The van der Waals surface area contributed by atoms with Crippen molar-refractivity contribution in [3.8, 4) is 0 Å². The lowest BCUT2D eigenvalue weighted by molar-refractivity contribution is -0.220. The van der Waals surface area contributed by atoms with E-state index >= 15 is 4.39 Å². The number of Topliss-reactive ketones (excluding diaryl/α,β-unsaturated/α-hetero) is 1. The predicted molar refractivity (Wildman–Crippen MR) is 288 cm³/mol. The van der Waals surface area contributed by atoms with Crippen LogP contribution in [-0.4, -0.2) is 76.4 Å². The number of esters is 3. The summed E-state index contributed by atoms with van der Waals surface area (Å²) in [6, 6.07) is 0. The largest absolute Gasteiger partial charge is 0.466 e. The van der Waals surface area contributed by atoms with Gasteiger partial charge in [-0.05, 0) is 95.1 Å². The van der Waals surface area contributed by atoms with Gasteiger partial charge in [-0.2, -0.15) is 0 Å². The molecule has 0 saturated heterocycles. The average Bonchev–Trinajstić information content (AvgIpc) is 3.56. The third-order valence-corrected chi connectivity index (χ3v) is 17.8. The first-order valence-corrected chi connectivity index (χ1v) is 29.8. The molecule has 9 atom stereocenters. The molecule has 0 radical (unpaired) electrons. The molecule has 0 amide bonds. The number of hydrogen-bond donors (Lipinski definition) is 2. The molecule has 3 saturated carbocycles. The van der Waals surface area contributed by atoms with Gasteiger partial charge in [0.1, 0.15) is 11.7 Å². The van der Waals surface area contributed by atoms with Crippen molar-refractivity contribution >= 4 is 29.5 Å². The molecular weight excluding hydrogens is 924 g/mol. The Bertz CT molecular complexity index is 1790. The molecule has 4 rings (SSSR count). The van der Waals surface area contributed by atoms with Crippen molar-refractivity contribution in [2.75, 3.05) is 13.2 Å². The molecule has 0 spiro atoms. The van der Waals surface area contributed by atoms with Gasteiger partial charge in [0.15, 0.2) is 18.1 Å². The number of carbonyl (C=O) groups excluding carboxylic acids is 5. The third-order valence-electron chi connectivity index (χ3n) is 17.8. The molecule has 0 aromatic heterocycles. The second-order valence-electron chi connectivity index (χ2n) is 23.3. The van der Waals surface area contributed by atoms with Crippen LogP contribution in [0, 0.1) is 28.6 Å². The van der Waals surface area contributed by atoms with E-state index in [0.717, 1.165) is 77.0 Å². The van der Waals surface area contributed by atoms with Crippen LogP contribution < -0.4 is 0 Å². The summed E-state index contributed by atoms with van der Waals surface area (Å²) in [6.45, 7) is 9.27. The lowest BCUT2D eigenvalue weighted by Gasteiger charge is -2.62. The van der Waals surface area contributed by atoms with Crippen molar-refractivity contribution in [3.05, 3.63) is 36.0 Å². The summed E-state index contributed by atoms with van der Waals surface area (Å²) in [4.78, 5) is 63.8. The number of allylic oxidation sites excluding steroid dienone is 5. The van der Waals surface area contributed by atoms with Gasteiger partial charge >= 0.3 is 17.9 Å². The molecule has 0 aromatic carbocycles. The fourth-order valence-electron chi connectivity index (χ4n) is 13.3. The molecule has 4 aliphatic rings. The van der Waals surface area contributed by atoms with E-state index in [0.29, 0.717) is 31.3 Å². The molecule has 0 bridgehead atoms. The van der Waals surface area contributed by atoms with Gasteiger partial charge in [-0.25, -0.2) is 4.39 Å². The molecule has 0 aliphatic heterocycles. The number of carbonyl (C=O) groups is 5. The molecule has 3 fully saturated rings. The number of ketones is 2. The minimum Gasteiger partial charge on any atom is -0.466 e. The maximum Gasteiger partial charge on any atom is 0.306 e. The minimum atomic E-state index is -2.09. The highest BCUT2D eigenvalue weighted by atomic mass is 19.1. The zero-order chi connectivity index (χ0) is 53.2. The van der Waals surface area contributed by atoms with Crippen LogP contribution in [0.4, 0.5) is 4.39 Å². The van der Waals surface area contributed by atoms with Crippen molar-refractivity contribution < 1.29 is 52.8 Å². The van der Waals surface area contributed by atoms with Gasteiger partial charge in [0.25, 0.3) is 0 Å². The molecule has 73 heavy (non-hydrogen) atoms. The van der Waals surface area contributed by atoms with Crippen LogP contribution in [0.3, 0.4) is 0 Å². The van der Waals surface area contributed by atoms with Gasteiger partial charge in [-0.15, -0.1) is 0 Å². The van der Waals surface area contributed by atoms with E-state index in [1.807, 2.05) is 0 Å². The van der Waals surface area contributed by atoms with Gasteiger partial charge in [-0.3, -0.25) is 24.0 Å². The number of aliphatic hydroxyl groups excluding tert-OH is 1. The summed E-state index contributed by atoms with van der Waals surface area (Å²) in [5.41, 5.74) is -5.75. The predicted octanol–water partition coefficient (Wildman–Crippen LogP) is 14.6. The number of unbranched alkanes of at least 4 members (excludes halogenated alkanes) is 23. The summed E-state index contributed by atoms with van der Waals surface area (Å²) in [7, 11) is 0. The monoisotopic (exact) mass is 1020 g/mol. The Balaban J connectivity index is 1.01. The topological polar surface area (TPSA) is 154 Å². The van der Waals surface area contributed by atoms with Crippen molar-refractivity contribution in [2.45, 2.75) is 283 Å². The smallest absolute Gasteiger partial charge is 0.306 e. The van der Waals surface area contributed by atoms with Crippen molar-refractivity contribution in [1.82, 2.24) is 0 Å². The Labute approximate surface area is 441 Å². The van der Waals surface area contributed by atoms with Gasteiger partial charge in [0.05, 0.1) is 25.6 Å². The number of hydrogen-bond acceptors (Lipinski definition) is 10. The van der Waals surface area contributed by atoms with Crippen molar-refractivity contribution in [2.24, 2.45) is 28.6 Å². The second kappa shape index (κ2) is 32.4. The van der Waals surface area contributed by atoms with E-state index in [-0.39, 0.29) is 43.7 Å². The molecule has 4 aliphatic carbocycles. The number of halogens is 1. The molecule has 416 valence electrons. The van der Waals surface area contributed by atoms with Crippen molar-refractivity contribution in [3.63, 3.8) is 0 Å². The molecule has 0 unspecified atom stereocenters. The van der Waals surface area contributed by atoms with Crippen LogP contribution in [0.1, 0.15) is 259 Å². The van der Waals surface area contributed by atoms with E-state index in [4.69, 9.17) is 14.2 Å². The molecule has 10 nitrogen and oxygen atoms in total. The standard InChI is InChI=1S/C62H101FO10/c1-6-8-10-12-13-14-15-16-17-18-19-22-25-28-32-36-58(69)73-51(34-30-11-9-7-2)35-31-27-24-21-20-23-26-29-33-43-71-56(67)39-40-57(68)72-47-55(66)62(70)48(3)44-53-52-38-37-49-45-50(64)41-42-59(49,4)61(52,63)54(65)46-60(53,62)5/h27,31,41-42,45,48,51-54,65,70H,6-26,28-30,32-40,43-44,46-47H2,1-5H3/b31-27-/t48-,51-,52+,53+,54+,59+,60+,61+,62+/m1/s1. The number of fused-ring (bicyclic) bond motifs is 5. The van der Waals surface area contributed by atoms with E-state index in [1.54, 1.807) is 26.8 Å². The Morgan fingerprint density at radius 1 is 0.712 bits per heavy atom. The van der Waals surface area contributed by atoms with Crippen LogP contribution in [-0.2, 0) is 38.2 Å². The number of alkyl halides is 1. The summed E-state index contributed by atoms with van der Waals surface area (Å²) >= 11 is 0. The average molecular weight is 1030 g/mol. The van der Waals surface area contributed by atoms with Gasteiger partial charge in [0.2, 0.25) is 5.78 Å². The first-order chi connectivity index (χ1) is 35.1. The maximum absolute atomic E-state index is 17.5. The fourth-order valence-corrected chi connectivity index (χ4v) is 13.3. The highest BCUT2D eigenvalue weighted by Crippen LogP contribution is 2.70. The summed E-state index contributed by atoms with van der Waals surface area (Å²) in [6.07, 6.45) is 41.4. The maximum atomic E-state index is 17.5. The van der Waals surface area contributed by atoms with E-state index in [2.05, 4.69) is 26.0 Å². The molecule has 2 N–H and O–H groups in total. The zero-order valence-electron chi connectivity index (χ0n) is 46.5. The Morgan fingerprint density at radius 2 is 1.26 bits per heavy atom. The Kier molecular flexibility index (Phi) is 27.7. The fraction of sp³-hybridized carbons (Fsp3) is 0.823. The van der Waals surface area contributed by atoms with E-state index in [1.165, 1.54) is 115 Å². The van der Waals surface area contributed by atoms with Crippen LogP contribution >= 0.6 is 0 Å². The number of ether oxygens (including phenoxy) is 3. The van der Waals surface area contributed by atoms with Crippen LogP contribution in [0.2, 0.25) is 0 Å². The molecule has 0 heterocycles. The van der Waals surface area contributed by atoms with Crippen LogP contribution in [0.25, 0.3) is 0 Å². The van der Waals surface area contributed by atoms with Crippen molar-refractivity contribution in [1.29, 1.82) is 0 Å². The zero-order valence-corrected chi connectivity index (χ0v) is 46.5. The van der Waals surface area contributed by atoms with E-state index in [9.17, 15) is 34.2 Å². The second-order valence-corrected chi connectivity index (χ2v) is 23.3. The SMILES string of the molecule is CCCCCCCCCCCCCCCCCC(=O)O[C@@H](C/C=C\CCCCCCCCOC(=O)CCC(=O)OCC(=O)[C@@]1(O)[C@H](C)C[C@H]2[C@@H]3CCC4=CC(=O)C=C[C@]4(C)[C@@]3(F)[C@@H](O)C[C@@]21C)CCCCCC. The quantitative estimate of drug-likeness (QED) is 0.0263. The normalized spacial score (nSPS) is 27.8. The first kappa shape index (κ1) is 62.4. The molecule has 0 aromatic rings. The lowest BCUT2D eigenvalue weighted by atomic mass is 9.44. The number of aliphatic hydroxyl groups is 2. The number of rotatable bonds is 39. The van der Waals surface area contributed by atoms with Gasteiger partial charge < -0.3 is 24.4 Å². The summed E-state index contributed by atoms with van der Waals surface area (Å²) in [5.74, 6) is -3.89. The molecular formula is C62H101FO10. The highest BCUT2D eigenvalue weighted by Gasteiger charge is 2.75. The Morgan fingerprint density at radius 3 is 1.88 bits per heavy atom. The van der Waals surface area contributed by atoms with Crippen LogP contribution in [0.15, 0.2) is 36.0 Å². The summed E-state index contributed by atoms with van der Waals surface area (Å²) in [5, 5.41) is 23.8. The van der Waals surface area contributed by atoms with Gasteiger partial charge in [-0.1, -0.05) is 186 Å². The van der Waals surface area contributed by atoms with Gasteiger partial charge in [0, 0.05) is 29.6 Å².